The normalized spacial score (nSPS) is 10.9. The molecule has 1 N–H and O–H groups in total. The summed E-state index contributed by atoms with van der Waals surface area (Å²) < 4.78 is 24.8. The number of hydrogen-bond acceptors (Lipinski definition) is 4. The first-order valence-electron chi connectivity index (χ1n) is 9.82. The molecule has 0 saturated heterocycles. The van der Waals surface area contributed by atoms with Crippen molar-refractivity contribution < 1.29 is 18.7 Å². The molecule has 0 radical (unpaired) electrons. The van der Waals surface area contributed by atoms with Crippen LogP contribution in [0.25, 0.3) is 6.08 Å². The Balaban J connectivity index is 1.85. The third-order valence-electron chi connectivity index (χ3n) is 4.31. The number of halogens is 2. The Kier molecular flexibility index (Phi) is 7.85. The lowest BCUT2D eigenvalue weighted by atomic mass is 10.1. The lowest BCUT2D eigenvalue weighted by Gasteiger charge is -2.15. The maximum absolute atomic E-state index is 13.4. The van der Waals surface area contributed by atoms with Gasteiger partial charge in [0.1, 0.15) is 24.1 Å². The van der Waals surface area contributed by atoms with Crippen LogP contribution in [0.5, 0.6) is 11.5 Å². The van der Waals surface area contributed by atoms with Gasteiger partial charge >= 0.3 is 0 Å². The highest BCUT2D eigenvalue weighted by Gasteiger charge is 2.15. The van der Waals surface area contributed by atoms with E-state index in [1.54, 1.807) is 55.5 Å². The lowest BCUT2D eigenvalue weighted by Crippen LogP contribution is -2.13. The van der Waals surface area contributed by atoms with E-state index in [1.807, 2.05) is 12.1 Å². The Morgan fingerprint density at radius 3 is 2.59 bits per heavy atom. The van der Waals surface area contributed by atoms with Crippen molar-refractivity contribution in [1.82, 2.24) is 0 Å². The molecule has 0 aliphatic heterocycles. The van der Waals surface area contributed by atoms with E-state index in [1.165, 1.54) is 18.2 Å². The van der Waals surface area contributed by atoms with Crippen molar-refractivity contribution >= 4 is 29.3 Å². The molecule has 0 unspecified atom stereocenters. The van der Waals surface area contributed by atoms with Gasteiger partial charge in [-0.2, -0.15) is 5.26 Å². The molecule has 0 aromatic heterocycles. The summed E-state index contributed by atoms with van der Waals surface area (Å²) in [5, 5.41) is 12.4. The largest absolute Gasteiger partial charge is 0.490 e. The molecule has 3 aromatic carbocycles. The first kappa shape index (κ1) is 22.9. The molecule has 0 atom stereocenters. The molecule has 0 aliphatic rings. The summed E-state index contributed by atoms with van der Waals surface area (Å²) in [4.78, 5) is 12.5. The summed E-state index contributed by atoms with van der Waals surface area (Å²) in [5.41, 5.74) is 1.61. The second-order valence-electron chi connectivity index (χ2n) is 6.67. The molecule has 3 aromatic rings. The number of amides is 1. The molecular weight excluding hydrogens is 431 g/mol. The van der Waals surface area contributed by atoms with Gasteiger partial charge in [-0.1, -0.05) is 41.9 Å². The number of nitrogens with one attached hydrogen (secondary N) is 1. The van der Waals surface area contributed by atoms with E-state index in [9.17, 15) is 14.4 Å². The fraction of sp³-hybridized carbons (Fsp3) is 0.120. The molecule has 0 saturated carbocycles. The van der Waals surface area contributed by atoms with E-state index in [2.05, 4.69) is 5.32 Å². The molecule has 0 spiro atoms. The number of carbonyl (C=O) groups is 1. The highest BCUT2D eigenvalue weighted by atomic mass is 35.5. The van der Waals surface area contributed by atoms with Gasteiger partial charge in [-0.05, 0) is 60.5 Å². The van der Waals surface area contributed by atoms with E-state index >= 15 is 0 Å². The van der Waals surface area contributed by atoms with Crippen LogP contribution in [-0.4, -0.2) is 12.5 Å². The van der Waals surface area contributed by atoms with Crippen molar-refractivity contribution in [2.75, 3.05) is 11.9 Å². The third kappa shape index (κ3) is 6.10. The van der Waals surface area contributed by atoms with Crippen LogP contribution in [0.1, 0.15) is 18.1 Å². The first-order valence-corrected chi connectivity index (χ1v) is 10.2. The summed E-state index contributed by atoms with van der Waals surface area (Å²) in [6, 6.07) is 20.0. The second kappa shape index (κ2) is 11.0. The number of anilines is 1. The van der Waals surface area contributed by atoms with Crippen LogP contribution in [0, 0.1) is 17.1 Å². The Morgan fingerprint density at radius 1 is 1.12 bits per heavy atom. The number of nitrogens with zero attached hydrogens (tertiary/aromatic N) is 1. The van der Waals surface area contributed by atoms with Gasteiger partial charge in [0.05, 0.1) is 11.6 Å². The van der Waals surface area contributed by atoms with Crippen molar-refractivity contribution in [1.29, 1.82) is 5.26 Å². The summed E-state index contributed by atoms with van der Waals surface area (Å²) in [6.45, 7) is 2.25. The predicted molar refractivity (Wildman–Crippen MR) is 122 cm³/mol. The van der Waals surface area contributed by atoms with Crippen LogP contribution in [0.2, 0.25) is 5.02 Å². The zero-order valence-electron chi connectivity index (χ0n) is 17.3. The summed E-state index contributed by atoms with van der Waals surface area (Å²) in [7, 11) is 0. The number of carbonyl (C=O) groups excluding carboxylic acids is 1. The number of nitriles is 1. The highest BCUT2D eigenvalue weighted by Crippen LogP contribution is 2.38. The van der Waals surface area contributed by atoms with E-state index in [0.717, 1.165) is 0 Å². The van der Waals surface area contributed by atoms with Gasteiger partial charge in [0.2, 0.25) is 0 Å². The standard InChI is InChI=1S/C25H20ClFN2O3/c1-2-31-23-14-18(11-19(15-28)25(30)29-21-9-4-3-5-10-21)13-22(26)24(23)32-16-17-7-6-8-20(27)12-17/h3-14H,2,16H2,1H3,(H,29,30)/b19-11+. The minimum atomic E-state index is -0.542. The maximum atomic E-state index is 13.4. The Hall–Kier alpha value is -3.82. The number of hydrogen-bond donors (Lipinski definition) is 1. The van der Waals surface area contributed by atoms with Crippen LogP contribution in [0.3, 0.4) is 0 Å². The zero-order chi connectivity index (χ0) is 22.9. The molecule has 0 aliphatic carbocycles. The first-order chi connectivity index (χ1) is 15.5. The molecule has 162 valence electrons. The Morgan fingerprint density at radius 2 is 1.91 bits per heavy atom. The SMILES string of the molecule is CCOc1cc(/C=C(\C#N)C(=O)Nc2ccccc2)cc(Cl)c1OCc1cccc(F)c1. The van der Waals surface area contributed by atoms with Crippen LogP contribution in [0.15, 0.2) is 72.3 Å². The Bertz CT molecular complexity index is 1170. The smallest absolute Gasteiger partial charge is 0.266 e. The minimum absolute atomic E-state index is 0.0929. The third-order valence-corrected chi connectivity index (χ3v) is 4.59. The summed E-state index contributed by atoms with van der Waals surface area (Å²) >= 11 is 6.41. The average Bonchev–Trinajstić information content (AvgIpc) is 2.78. The van der Waals surface area contributed by atoms with Gasteiger partial charge in [0, 0.05) is 5.69 Å². The minimum Gasteiger partial charge on any atom is -0.490 e. The molecule has 0 fully saturated rings. The van der Waals surface area contributed by atoms with Gasteiger partial charge in [-0.15, -0.1) is 0 Å². The van der Waals surface area contributed by atoms with E-state index in [0.29, 0.717) is 34.9 Å². The van der Waals surface area contributed by atoms with Crippen LogP contribution in [-0.2, 0) is 11.4 Å². The second-order valence-corrected chi connectivity index (χ2v) is 7.08. The van der Waals surface area contributed by atoms with Gasteiger partial charge in [0.15, 0.2) is 11.5 Å². The zero-order valence-corrected chi connectivity index (χ0v) is 18.0. The van der Waals surface area contributed by atoms with Gasteiger partial charge in [-0.25, -0.2) is 4.39 Å². The molecule has 1 amide bonds. The average molecular weight is 451 g/mol. The van der Waals surface area contributed by atoms with Crippen molar-refractivity contribution in [3.8, 4) is 17.6 Å². The van der Waals surface area contributed by atoms with Gasteiger partial charge in [-0.3, -0.25) is 4.79 Å². The molecule has 3 rings (SSSR count). The highest BCUT2D eigenvalue weighted by molar-refractivity contribution is 6.32. The van der Waals surface area contributed by atoms with Crippen molar-refractivity contribution in [3.05, 3.63) is 94.3 Å². The van der Waals surface area contributed by atoms with Gasteiger partial charge < -0.3 is 14.8 Å². The molecule has 5 nitrogen and oxygen atoms in total. The quantitative estimate of drug-likeness (QED) is 0.337. The predicted octanol–water partition coefficient (Wildman–Crippen LogP) is 6.00. The maximum Gasteiger partial charge on any atom is 0.266 e. The number of rotatable bonds is 8. The Labute approximate surface area is 190 Å². The van der Waals surface area contributed by atoms with E-state index in [-0.39, 0.29) is 23.0 Å². The van der Waals surface area contributed by atoms with Crippen molar-refractivity contribution in [2.45, 2.75) is 13.5 Å². The fourth-order valence-corrected chi connectivity index (χ4v) is 3.17. The number of benzene rings is 3. The van der Waals surface area contributed by atoms with Gasteiger partial charge in [0.25, 0.3) is 5.91 Å². The molecular formula is C25H20ClFN2O3. The molecule has 0 bridgehead atoms. The monoisotopic (exact) mass is 450 g/mol. The number of para-hydroxylation sites is 1. The summed E-state index contributed by atoms with van der Waals surface area (Å²) in [5.74, 6) is -0.259. The van der Waals surface area contributed by atoms with Crippen LogP contribution in [0.4, 0.5) is 10.1 Å². The van der Waals surface area contributed by atoms with Crippen LogP contribution >= 0.6 is 11.6 Å². The molecule has 32 heavy (non-hydrogen) atoms. The van der Waals surface area contributed by atoms with Crippen molar-refractivity contribution in [2.24, 2.45) is 0 Å². The van der Waals surface area contributed by atoms with E-state index < -0.39 is 5.91 Å². The topological polar surface area (TPSA) is 71.3 Å². The number of ether oxygens (including phenoxy) is 2. The van der Waals surface area contributed by atoms with Crippen LogP contribution < -0.4 is 14.8 Å². The summed E-state index contributed by atoms with van der Waals surface area (Å²) in [6.07, 6.45) is 1.42. The molecule has 7 heteroatoms. The lowest BCUT2D eigenvalue weighted by molar-refractivity contribution is -0.112. The molecule has 0 heterocycles. The van der Waals surface area contributed by atoms with E-state index in [4.69, 9.17) is 21.1 Å². The van der Waals surface area contributed by atoms with Crippen molar-refractivity contribution in [3.63, 3.8) is 0 Å². The fourth-order valence-electron chi connectivity index (χ4n) is 2.89.